The lowest BCUT2D eigenvalue weighted by molar-refractivity contribution is -0.152. The number of amides is 13. The molecule has 0 bridgehead atoms. The molecule has 6 fully saturated rings. The zero-order valence-corrected chi connectivity index (χ0v) is 58.7. The van der Waals surface area contributed by atoms with Crippen molar-refractivity contribution in [2.24, 2.45) is 68.0 Å². The van der Waals surface area contributed by atoms with Crippen LogP contribution >= 0.6 is 0 Å². The normalized spacial score (nSPS) is 25.6. The molecule has 15 atom stereocenters. The van der Waals surface area contributed by atoms with Crippen molar-refractivity contribution in [3.05, 3.63) is 25.3 Å². The fourth-order valence-electron chi connectivity index (χ4n) is 14.0. The Balaban J connectivity index is 0.000000304. The highest BCUT2D eigenvalue weighted by atomic mass is 16.4. The number of piperidine rings is 3. The number of aliphatic hydroxyl groups is 1. The fraction of sp³-hybridized carbons (Fsp3) is 0.758. The number of nitrogens with zero attached hydrogens (tertiary/aromatic N) is 3. The lowest BCUT2D eigenvalue weighted by Gasteiger charge is -2.38. The van der Waals surface area contributed by atoms with Gasteiger partial charge in [-0.3, -0.25) is 38.4 Å². The summed E-state index contributed by atoms with van der Waals surface area (Å²) in [6.07, 6.45) is 3.47. The van der Waals surface area contributed by atoms with Crippen LogP contribution in [0.2, 0.25) is 0 Å². The molecule has 0 aromatic rings. The summed E-state index contributed by atoms with van der Waals surface area (Å²) in [5.41, 5.74) is -1.98. The van der Waals surface area contributed by atoms with Crippen molar-refractivity contribution in [3.8, 4) is 0 Å². The molecule has 27 heteroatoms. The Hall–Kier alpha value is -7.32. The summed E-state index contributed by atoms with van der Waals surface area (Å²) in [5, 5.41) is 46.3. The van der Waals surface area contributed by atoms with Gasteiger partial charge >= 0.3 is 24.1 Å². The first-order valence-electron chi connectivity index (χ1n) is 32.6. The van der Waals surface area contributed by atoms with E-state index in [1.165, 1.54) is 43.1 Å². The Kier molecular flexibility index (Phi) is 25.5. The van der Waals surface area contributed by atoms with Crippen LogP contribution in [0.1, 0.15) is 143 Å². The summed E-state index contributed by atoms with van der Waals surface area (Å²) in [7, 11) is 4.43. The highest BCUT2D eigenvalue weighted by Crippen LogP contribution is 2.67. The molecule has 27 nitrogen and oxygen atoms in total. The molecule has 0 aromatic heterocycles. The van der Waals surface area contributed by atoms with Gasteiger partial charge in [0.25, 0.3) is 11.8 Å². The Morgan fingerprint density at radius 2 is 0.828 bits per heavy atom. The molecule has 12 N–H and O–H groups in total. The van der Waals surface area contributed by atoms with Gasteiger partial charge in [-0.05, 0) is 74.9 Å². The van der Waals surface area contributed by atoms with Gasteiger partial charge < -0.3 is 78.1 Å². The van der Waals surface area contributed by atoms with Gasteiger partial charge in [-0.1, -0.05) is 143 Å². The van der Waals surface area contributed by atoms with Gasteiger partial charge in [-0.25, -0.2) is 19.2 Å². The molecular formula is C66H111N13O14. The molecule has 3 unspecified atom stereocenters. The molecule has 3 saturated heterocycles. The summed E-state index contributed by atoms with van der Waals surface area (Å²) in [4.78, 5) is 157. The van der Waals surface area contributed by atoms with Gasteiger partial charge in [-0.15, -0.1) is 13.2 Å². The quantitative estimate of drug-likeness (QED) is 0.0517. The average Bonchev–Trinajstić information content (AvgIpc) is 1.55. The zero-order chi connectivity index (χ0) is 71.2. The van der Waals surface area contributed by atoms with E-state index >= 15 is 0 Å². The van der Waals surface area contributed by atoms with Crippen LogP contribution in [0.25, 0.3) is 0 Å². The maximum atomic E-state index is 13.7. The van der Waals surface area contributed by atoms with Crippen LogP contribution in [-0.2, 0) is 43.2 Å². The minimum Gasteiger partial charge on any atom is -0.480 e. The Bertz CT molecular complexity index is 2840. The summed E-state index contributed by atoms with van der Waals surface area (Å²) < 4.78 is 0. The van der Waals surface area contributed by atoms with Gasteiger partial charge in [0.1, 0.15) is 36.3 Å². The predicted octanol–water partition coefficient (Wildman–Crippen LogP) is 2.63. The van der Waals surface area contributed by atoms with E-state index in [9.17, 15) is 67.7 Å². The number of fused-ring (bicyclic) bond motifs is 3. The number of nitrogens with one attached hydrogen (secondary N) is 10. The molecule has 3 aliphatic heterocycles. The maximum Gasteiger partial charge on any atom is 0.326 e. The first-order chi connectivity index (χ1) is 42.9. The van der Waals surface area contributed by atoms with Crippen molar-refractivity contribution in [1.29, 1.82) is 0 Å². The molecule has 3 aliphatic carbocycles. The second kappa shape index (κ2) is 30.4. The third kappa shape index (κ3) is 17.7. The molecular weight excluding hydrogens is 1200 g/mol. The van der Waals surface area contributed by atoms with Gasteiger partial charge in [0.2, 0.25) is 35.3 Å². The number of urea groups is 3. The molecule has 6 aliphatic rings. The number of rotatable bonds is 23. The number of carboxylic acid groups (broad SMARTS) is 1. The van der Waals surface area contributed by atoms with E-state index in [1.807, 2.05) is 90.0 Å². The number of likely N-dealkylation sites (tertiary alicyclic amines) is 3. The van der Waals surface area contributed by atoms with Gasteiger partial charge in [0.15, 0.2) is 6.10 Å². The fourth-order valence-corrected chi connectivity index (χ4v) is 14.0. The number of carbonyl (C=O) groups excluding carboxylic acids is 11. The maximum absolute atomic E-state index is 13.7. The minimum atomic E-state index is -1.43. The topological polar surface area (TPSA) is 375 Å². The number of hydrogen-bond acceptors (Lipinski definition) is 13. The summed E-state index contributed by atoms with van der Waals surface area (Å²) in [6, 6.07) is -7.99. The van der Waals surface area contributed by atoms with E-state index < -0.39 is 124 Å². The highest BCUT2D eigenvalue weighted by Gasteiger charge is 2.72. The van der Waals surface area contributed by atoms with Crippen molar-refractivity contribution >= 4 is 71.2 Å². The van der Waals surface area contributed by atoms with E-state index in [1.54, 1.807) is 4.90 Å². The molecule has 524 valence electrons. The third-order valence-electron chi connectivity index (χ3n) is 20.0. The standard InChI is InChI=1S/C25H43N5O5.C25H41N5O5.C16H27N3O4/c2*1-9-11-15(18(31)21(33)27-12-10-2)28-20(32)17-16-14(25(16,6)7)13-30(17)22(34)19(24(3,4)5)29-23(35)26-8;1-15(2,3)11(18-14(23)17-6)12(20)19-7-8-9(16(8,4)5)10(19)13(21)22/h10,14-19,31H,2,9,11-13H2,1,3-8H3,(H,27,33)(H,28,32)(H2,26,29,35);10,14-17,19H,2,9,11-13H2,1,3-8H3,(H,27,33)(H,28,32)(H2,26,29,35);8-11H,7H2,1-6H3,(H,21,22)(H2,17,18,23)/t14-,15?,16-,17-,18?,19+;14-,15?,16-,17-,19+;8-,9-,10-,11+/m000/s1. The summed E-state index contributed by atoms with van der Waals surface area (Å²) in [5.74, 6) is -4.49. The number of carboxylic acids is 1. The van der Waals surface area contributed by atoms with Crippen LogP contribution in [0.3, 0.4) is 0 Å². The molecule has 3 saturated carbocycles. The Morgan fingerprint density at radius 1 is 0.505 bits per heavy atom. The highest BCUT2D eigenvalue weighted by molar-refractivity contribution is 6.38. The summed E-state index contributed by atoms with van der Waals surface area (Å²) >= 11 is 0. The number of Topliss-reactive ketones (excluding diaryl/α,β-unsaturated/α-hetero) is 1. The smallest absolute Gasteiger partial charge is 0.326 e. The molecule has 0 aromatic carbocycles. The lowest BCUT2D eigenvalue weighted by atomic mass is 9.85. The number of carbonyl (C=O) groups is 12. The molecule has 6 rings (SSSR count). The van der Waals surface area contributed by atoms with Crippen LogP contribution in [0.5, 0.6) is 0 Å². The molecule has 13 amide bonds. The van der Waals surface area contributed by atoms with Crippen molar-refractivity contribution in [2.45, 2.75) is 198 Å². The van der Waals surface area contributed by atoms with E-state index in [2.05, 4.69) is 94.0 Å². The Labute approximate surface area is 549 Å². The Morgan fingerprint density at radius 3 is 1.14 bits per heavy atom. The van der Waals surface area contributed by atoms with E-state index in [0.29, 0.717) is 45.3 Å². The number of ketones is 1. The second-order valence-electron chi connectivity index (χ2n) is 30.7. The molecule has 0 spiro atoms. The predicted molar refractivity (Wildman–Crippen MR) is 350 cm³/mol. The minimum absolute atomic E-state index is 0.00966. The summed E-state index contributed by atoms with van der Waals surface area (Å²) in [6.45, 7) is 41.5. The first-order valence-corrected chi connectivity index (χ1v) is 32.6. The molecule has 3 heterocycles. The molecule has 93 heavy (non-hydrogen) atoms. The van der Waals surface area contributed by atoms with Crippen LogP contribution < -0.4 is 53.2 Å². The monoisotopic (exact) mass is 1310 g/mol. The van der Waals surface area contributed by atoms with Gasteiger partial charge in [0.05, 0.1) is 12.1 Å². The zero-order valence-electron chi connectivity index (χ0n) is 58.7. The first kappa shape index (κ1) is 78.1. The van der Waals surface area contributed by atoms with E-state index in [-0.39, 0.29) is 82.6 Å². The average molecular weight is 1310 g/mol. The van der Waals surface area contributed by atoms with Gasteiger partial charge in [0, 0.05) is 59.8 Å². The van der Waals surface area contributed by atoms with Gasteiger partial charge in [-0.2, -0.15) is 0 Å². The van der Waals surface area contributed by atoms with Crippen LogP contribution in [0, 0.1) is 68.0 Å². The second-order valence-corrected chi connectivity index (χ2v) is 30.7. The largest absolute Gasteiger partial charge is 0.480 e. The van der Waals surface area contributed by atoms with Crippen molar-refractivity contribution in [3.63, 3.8) is 0 Å². The number of aliphatic carboxylic acids is 1. The number of aliphatic hydroxyl groups excluding tert-OH is 1. The van der Waals surface area contributed by atoms with Crippen LogP contribution in [0.15, 0.2) is 25.3 Å². The SMILES string of the molecule is C=CCNC(=O)C(=O)C(CCC)NC(=O)[C@@H]1[C@@H]2[C@H](CN1C(=O)[C@@H](NC(=O)NC)C(C)(C)C)C2(C)C.C=CCNC(=O)C(O)C(CCC)NC(=O)[C@@H]1[C@@H]2[C@H](CN1C(=O)[C@@H](NC(=O)NC)C(C)(C)C)C2(C)C.CNC(=O)N[C@H](C(=O)N1C[C@H]2[C@@H]([C@H]1C(=O)O)C2(C)C)C(C)(C)C. The van der Waals surface area contributed by atoms with Crippen molar-refractivity contribution in [1.82, 2.24) is 67.9 Å². The van der Waals surface area contributed by atoms with E-state index in [0.717, 1.165) is 0 Å². The lowest BCUT2D eigenvalue weighted by Crippen LogP contribution is -2.61. The van der Waals surface area contributed by atoms with Crippen LogP contribution in [0.4, 0.5) is 14.4 Å². The van der Waals surface area contributed by atoms with Crippen LogP contribution in [-0.4, -0.2) is 204 Å². The van der Waals surface area contributed by atoms with Crippen molar-refractivity contribution < 1.29 is 67.7 Å². The molecule has 0 radical (unpaired) electrons. The van der Waals surface area contributed by atoms with Crippen molar-refractivity contribution in [2.75, 3.05) is 53.9 Å². The third-order valence-corrected chi connectivity index (χ3v) is 20.0. The number of hydrogen-bond donors (Lipinski definition) is 12. The van der Waals surface area contributed by atoms with E-state index in [4.69, 9.17) is 0 Å².